The Labute approximate surface area is 280 Å². The van der Waals surface area contributed by atoms with Gasteiger partial charge in [0, 0.05) is 51.0 Å². The average Bonchev–Trinajstić information content (AvgIpc) is 3.67. The van der Waals surface area contributed by atoms with Crippen LogP contribution in [0.2, 0.25) is 5.02 Å². The minimum atomic E-state index is -5.08. The van der Waals surface area contributed by atoms with Gasteiger partial charge in [0.05, 0.1) is 41.7 Å². The summed E-state index contributed by atoms with van der Waals surface area (Å²) in [5, 5.41) is 22.6. The Balaban J connectivity index is 0.000000698. The number of benzene rings is 2. The fourth-order valence-electron chi connectivity index (χ4n) is 5.14. The highest BCUT2D eigenvalue weighted by molar-refractivity contribution is 6.34. The zero-order chi connectivity index (χ0) is 36.2. The molecule has 3 amide bonds. The van der Waals surface area contributed by atoms with Gasteiger partial charge in [-0.15, -0.1) is 0 Å². The fraction of sp³-hybridized carbons (Fsp3) is 0.367. The van der Waals surface area contributed by atoms with Gasteiger partial charge >= 0.3 is 12.1 Å². The molecule has 2 aliphatic heterocycles. The molecular formula is C30H30ClF5N6O7. The predicted molar refractivity (Wildman–Crippen MR) is 163 cm³/mol. The van der Waals surface area contributed by atoms with Gasteiger partial charge in [0.25, 0.3) is 11.8 Å². The van der Waals surface area contributed by atoms with Crippen LogP contribution >= 0.6 is 11.6 Å². The summed E-state index contributed by atoms with van der Waals surface area (Å²) in [6.45, 7) is 1.77. The zero-order valence-electron chi connectivity index (χ0n) is 25.9. The van der Waals surface area contributed by atoms with Crippen molar-refractivity contribution in [3.8, 4) is 17.0 Å². The Morgan fingerprint density at radius 2 is 1.67 bits per heavy atom. The molecule has 0 aliphatic carbocycles. The number of ether oxygens (including phenoxy) is 1. The van der Waals surface area contributed by atoms with Crippen molar-refractivity contribution in [1.29, 1.82) is 0 Å². The van der Waals surface area contributed by atoms with E-state index in [0.717, 1.165) is 0 Å². The summed E-state index contributed by atoms with van der Waals surface area (Å²) >= 11 is 6.42. The van der Waals surface area contributed by atoms with Gasteiger partial charge < -0.3 is 40.0 Å². The molecule has 5 rings (SSSR count). The molecule has 264 valence electrons. The second-order valence-corrected chi connectivity index (χ2v) is 11.3. The third kappa shape index (κ3) is 8.44. The van der Waals surface area contributed by atoms with E-state index in [0.29, 0.717) is 44.8 Å². The van der Waals surface area contributed by atoms with Gasteiger partial charge in [0.2, 0.25) is 11.7 Å². The molecule has 0 saturated carbocycles. The Morgan fingerprint density at radius 3 is 2.22 bits per heavy atom. The van der Waals surface area contributed by atoms with E-state index in [1.54, 1.807) is 9.80 Å². The number of carboxylic acid groups (broad SMARTS) is 1. The molecular weight excluding hydrogens is 687 g/mol. The number of aromatic nitrogens is 2. The number of imidazole rings is 1. The number of anilines is 1. The molecule has 2 aromatic carbocycles. The Morgan fingerprint density at radius 1 is 1.04 bits per heavy atom. The molecule has 2 aliphatic rings. The van der Waals surface area contributed by atoms with Crippen molar-refractivity contribution in [1.82, 2.24) is 24.7 Å². The van der Waals surface area contributed by atoms with Gasteiger partial charge in [-0.2, -0.15) is 17.6 Å². The molecule has 19 heteroatoms. The number of hydrogen-bond donors (Lipinski definition) is 4. The van der Waals surface area contributed by atoms with Crippen LogP contribution < -0.4 is 15.4 Å². The summed E-state index contributed by atoms with van der Waals surface area (Å²) in [7, 11) is 2.72. The molecule has 0 bridgehead atoms. The third-order valence-corrected chi connectivity index (χ3v) is 8.03. The number of carbonyl (C=O) groups is 4. The lowest BCUT2D eigenvalue weighted by Gasteiger charge is -2.36. The summed E-state index contributed by atoms with van der Waals surface area (Å²) in [4.78, 5) is 55.0. The van der Waals surface area contributed by atoms with E-state index >= 15 is 0 Å². The maximum atomic E-state index is 14.6. The highest BCUT2D eigenvalue weighted by Crippen LogP contribution is 2.30. The van der Waals surface area contributed by atoms with Gasteiger partial charge in [-0.3, -0.25) is 14.4 Å². The molecule has 1 aromatic heterocycles. The number of methoxy groups -OCH3 is 1. The SMILES string of the molecule is COc1ccc(-c2cnc(C(=O)Nc3ccc(C(=O)N4CCN(C(=O)[C@@H]5C[C@@H](O)CN5)CC4)c(Cl)c3)n2C)c(F)c1F.O=C(O)C(F)(F)F. The lowest BCUT2D eigenvalue weighted by molar-refractivity contribution is -0.192. The van der Waals surface area contributed by atoms with E-state index in [-0.39, 0.29) is 45.2 Å². The largest absolute Gasteiger partial charge is 0.494 e. The van der Waals surface area contributed by atoms with Crippen molar-refractivity contribution in [3.63, 3.8) is 0 Å². The van der Waals surface area contributed by atoms with E-state index in [1.165, 1.54) is 55.3 Å². The molecule has 49 heavy (non-hydrogen) atoms. The lowest BCUT2D eigenvalue weighted by atomic mass is 10.1. The number of carboxylic acids is 1. The van der Waals surface area contributed by atoms with Crippen LogP contribution in [0.4, 0.5) is 27.6 Å². The molecule has 0 unspecified atom stereocenters. The van der Waals surface area contributed by atoms with Crippen molar-refractivity contribution in [2.45, 2.75) is 24.7 Å². The van der Waals surface area contributed by atoms with Crippen LogP contribution in [-0.4, -0.2) is 111 Å². The van der Waals surface area contributed by atoms with Crippen LogP contribution in [0, 0.1) is 11.6 Å². The number of rotatable bonds is 6. The number of hydrogen-bond acceptors (Lipinski definition) is 8. The predicted octanol–water partition coefficient (Wildman–Crippen LogP) is 2.92. The number of halogens is 6. The molecule has 4 N–H and O–H groups in total. The topological polar surface area (TPSA) is 166 Å². The standard InChI is InChI=1S/C28H29ClF2N6O5.C2HF3O2/c1-35-21(18-5-6-22(42-2)24(31)23(18)30)14-33-25(35)26(39)34-15-3-4-17(19(29)11-15)27(40)36-7-9-37(10-8-36)28(41)20-12-16(38)13-32-20;3-2(4,5)1(6)7/h3-6,11,14,16,20,32,38H,7-10,12-13H2,1-2H3,(H,34,39);(H,6,7)/t16-,20+;/m1./s1. The van der Waals surface area contributed by atoms with E-state index in [9.17, 15) is 41.4 Å². The van der Waals surface area contributed by atoms with Crippen LogP contribution in [-0.2, 0) is 16.6 Å². The molecule has 0 spiro atoms. The average molecular weight is 717 g/mol. The number of aliphatic carboxylic acids is 1. The van der Waals surface area contributed by atoms with Gasteiger partial charge in [0.1, 0.15) is 0 Å². The Hall–Kier alpha value is -4.81. The lowest BCUT2D eigenvalue weighted by Crippen LogP contribution is -2.54. The maximum absolute atomic E-state index is 14.6. The fourth-order valence-corrected chi connectivity index (χ4v) is 5.40. The summed E-state index contributed by atoms with van der Waals surface area (Å²) in [6, 6.07) is 6.67. The number of piperazine rings is 1. The second kappa shape index (κ2) is 15.2. The van der Waals surface area contributed by atoms with E-state index in [2.05, 4.69) is 15.6 Å². The highest BCUT2D eigenvalue weighted by atomic mass is 35.5. The summed E-state index contributed by atoms with van der Waals surface area (Å²) in [5.74, 6) is -6.36. The number of carbonyl (C=O) groups excluding carboxylic acids is 3. The first-order valence-electron chi connectivity index (χ1n) is 14.5. The van der Waals surface area contributed by atoms with Crippen molar-refractivity contribution in [2.75, 3.05) is 45.2 Å². The Kier molecular flexibility index (Phi) is 11.5. The zero-order valence-corrected chi connectivity index (χ0v) is 26.6. The van der Waals surface area contributed by atoms with Crippen molar-refractivity contribution >= 4 is 41.0 Å². The first kappa shape index (κ1) is 37.0. The number of aliphatic hydroxyl groups excluding tert-OH is 1. The normalized spacial score (nSPS) is 17.7. The molecule has 2 fully saturated rings. The van der Waals surface area contributed by atoms with Gasteiger partial charge in [0.15, 0.2) is 17.4 Å². The van der Waals surface area contributed by atoms with Crippen LogP contribution in [0.15, 0.2) is 36.5 Å². The monoisotopic (exact) mass is 716 g/mol. The van der Waals surface area contributed by atoms with Crippen LogP contribution in [0.5, 0.6) is 5.75 Å². The van der Waals surface area contributed by atoms with Gasteiger partial charge in [-0.1, -0.05) is 11.6 Å². The minimum Gasteiger partial charge on any atom is -0.494 e. The summed E-state index contributed by atoms with van der Waals surface area (Å²) < 4.78 is 66.7. The third-order valence-electron chi connectivity index (χ3n) is 7.72. The number of nitrogens with one attached hydrogen (secondary N) is 2. The van der Waals surface area contributed by atoms with Crippen LogP contribution in [0.1, 0.15) is 27.4 Å². The van der Waals surface area contributed by atoms with E-state index in [4.69, 9.17) is 26.2 Å². The molecule has 3 aromatic rings. The molecule has 13 nitrogen and oxygen atoms in total. The van der Waals surface area contributed by atoms with E-state index < -0.39 is 41.8 Å². The quantitative estimate of drug-likeness (QED) is 0.281. The van der Waals surface area contributed by atoms with Crippen LogP contribution in [0.25, 0.3) is 11.3 Å². The number of β-amino-alcohol motifs (C(OH)–C–C–N with tert-alkyl or cyclic N) is 1. The minimum absolute atomic E-state index is 0.0633. The van der Waals surface area contributed by atoms with Crippen molar-refractivity contribution in [3.05, 3.63) is 64.6 Å². The molecule has 3 heterocycles. The first-order chi connectivity index (χ1) is 23.0. The Bertz CT molecular complexity index is 1750. The molecule has 0 radical (unpaired) electrons. The summed E-state index contributed by atoms with van der Waals surface area (Å²) in [5.41, 5.74) is 0.630. The molecule has 2 atom stereocenters. The number of alkyl halides is 3. The number of nitrogens with zero attached hydrogens (tertiary/aromatic N) is 4. The second-order valence-electron chi connectivity index (χ2n) is 10.9. The first-order valence-corrected chi connectivity index (χ1v) is 14.9. The van der Waals surface area contributed by atoms with Gasteiger partial charge in [-0.05, 0) is 36.8 Å². The summed E-state index contributed by atoms with van der Waals surface area (Å²) in [6.07, 6.45) is -3.98. The number of amides is 3. The smallest absolute Gasteiger partial charge is 0.490 e. The maximum Gasteiger partial charge on any atom is 0.490 e. The van der Waals surface area contributed by atoms with Crippen molar-refractivity contribution in [2.24, 2.45) is 7.05 Å². The molecule has 2 saturated heterocycles. The van der Waals surface area contributed by atoms with Crippen molar-refractivity contribution < 1.29 is 56.1 Å². The highest BCUT2D eigenvalue weighted by Gasteiger charge is 2.38. The van der Waals surface area contributed by atoms with Gasteiger partial charge in [-0.25, -0.2) is 14.2 Å². The van der Waals surface area contributed by atoms with E-state index in [1.807, 2.05) is 0 Å². The van der Waals surface area contributed by atoms with Crippen LogP contribution in [0.3, 0.4) is 0 Å². The number of aliphatic hydroxyl groups is 1.